The van der Waals surface area contributed by atoms with E-state index in [1.165, 1.54) is 0 Å². The Kier molecular flexibility index (Phi) is 5.87. The summed E-state index contributed by atoms with van der Waals surface area (Å²) < 4.78 is 5.31. The van der Waals surface area contributed by atoms with E-state index in [1.807, 2.05) is 18.2 Å². The predicted octanol–water partition coefficient (Wildman–Crippen LogP) is 2.86. The summed E-state index contributed by atoms with van der Waals surface area (Å²) >= 11 is 0. The molecule has 1 aliphatic heterocycles. The number of hydrogen-bond acceptors (Lipinski definition) is 6. The van der Waals surface area contributed by atoms with E-state index in [-0.39, 0.29) is 12.3 Å². The number of hydrogen-bond donors (Lipinski definition) is 3. The zero-order valence-corrected chi connectivity index (χ0v) is 15.1. The first kappa shape index (κ1) is 18.7. The van der Waals surface area contributed by atoms with E-state index in [4.69, 9.17) is 9.94 Å². The highest BCUT2D eigenvalue weighted by Crippen LogP contribution is 2.37. The average Bonchev–Trinajstić information content (AvgIpc) is 2.81. The second-order valence-electron chi connectivity index (χ2n) is 6.21. The van der Waals surface area contributed by atoms with Crippen LogP contribution >= 0.6 is 0 Å². The summed E-state index contributed by atoms with van der Waals surface area (Å²) in [5.41, 5.74) is 3.64. The van der Waals surface area contributed by atoms with Gasteiger partial charge in [0.1, 0.15) is 11.6 Å². The van der Waals surface area contributed by atoms with Crippen molar-refractivity contribution in [1.82, 2.24) is 10.5 Å². The van der Waals surface area contributed by atoms with E-state index >= 15 is 0 Å². The van der Waals surface area contributed by atoms with Crippen molar-refractivity contribution in [2.45, 2.75) is 25.7 Å². The molecule has 1 aromatic heterocycles. The summed E-state index contributed by atoms with van der Waals surface area (Å²) in [6.07, 6.45) is 4.00. The highest BCUT2D eigenvalue weighted by atomic mass is 16.5. The van der Waals surface area contributed by atoms with Crippen LogP contribution < -0.4 is 20.4 Å². The molecule has 0 bridgehead atoms. The number of rotatable bonds is 7. The molecule has 3 N–H and O–H groups in total. The Labute approximate surface area is 157 Å². The number of carbonyl (C=O) groups excluding carboxylic acids is 2. The lowest BCUT2D eigenvalue weighted by Crippen LogP contribution is -2.31. The maximum Gasteiger partial charge on any atom is 0.262 e. The molecule has 0 fully saturated rings. The summed E-state index contributed by atoms with van der Waals surface area (Å²) in [5, 5.41) is 11.8. The van der Waals surface area contributed by atoms with Crippen molar-refractivity contribution in [3.63, 3.8) is 0 Å². The summed E-state index contributed by atoms with van der Waals surface area (Å²) in [5.74, 6) is 0.647. The van der Waals surface area contributed by atoms with E-state index in [9.17, 15) is 9.59 Å². The quantitative estimate of drug-likeness (QED) is 0.393. The van der Waals surface area contributed by atoms with Crippen LogP contribution in [0.4, 0.5) is 17.2 Å². The number of benzene rings is 1. The highest BCUT2D eigenvalue weighted by molar-refractivity contribution is 6.13. The molecule has 27 heavy (non-hydrogen) atoms. The predicted molar refractivity (Wildman–Crippen MR) is 101 cm³/mol. The van der Waals surface area contributed by atoms with Gasteiger partial charge in [0, 0.05) is 25.2 Å². The van der Waals surface area contributed by atoms with Gasteiger partial charge in [0.2, 0.25) is 5.91 Å². The fourth-order valence-corrected chi connectivity index (χ4v) is 3.04. The second kappa shape index (κ2) is 8.50. The van der Waals surface area contributed by atoms with Gasteiger partial charge in [0.05, 0.1) is 24.0 Å². The third kappa shape index (κ3) is 4.17. The number of aromatic nitrogens is 1. The number of unbranched alkanes of at least 4 members (excludes halogenated alkanes) is 2. The number of nitrogens with one attached hydrogen (secondary N) is 2. The molecule has 1 aliphatic rings. The first-order valence-corrected chi connectivity index (χ1v) is 8.79. The maximum absolute atomic E-state index is 13.1. The fraction of sp³-hybridized carbons (Fsp3) is 0.316. The second-order valence-corrected chi connectivity index (χ2v) is 6.21. The van der Waals surface area contributed by atoms with Crippen LogP contribution in [0.5, 0.6) is 5.75 Å². The zero-order valence-electron chi connectivity index (χ0n) is 15.1. The van der Waals surface area contributed by atoms with E-state index in [1.54, 1.807) is 35.8 Å². The smallest absolute Gasteiger partial charge is 0.262 e. The van der Waals surface area contributed by atoms with Gasteiger partial charge >= 0.3 is 0 Å². The minimum Gasteiger partial charge on any atom is -0.497 e. The molecule has 2 heterocycles. The van der Waals surface area contributed by atoms with Gasteiger partial charge in [-0.15, -0.1) is 0 Å². The first-order chi connectivity index (χ1) is 13.1. The number of carbonyl (C=O) groups is 2. The maximum atomic E-state index is 13.1. The summed E-state index contributed by atoms with van der Waals surface area (Å²) in [6.45, 7) is 0.496. The van der Waals surface area contributed by atoms with Gasteiger partial charge in [-0.2, -0.15) is 0 Å². The lowest BCUT2D eigenvalue weighted by atomic mass is 10.1. The van der Waals surface area contributed by atoms with Gasteiger partial charge in [-0.05, 0) is 37.1 Å². The minimum atomic E-state index is -0.403. The van der Waals surface area contributed by atoms with Crippen LogP contribution in [0.15, 0.2) is 36.5 Å². The Bertz CT molecular complexity index is 840. The molecule has 0 aliphatic carbocycles. The largest absolute Gasteiger partial charge is 0.497 e. The molecule has 142 valence electrons. The lowest BCUT2D eigenvalue weighted by molar-refractivity contribution is -0.129. The van der Waals surface area contributed by atoms with E-state index in [0.29, 0.717) is 30.1 Å². The van der Waals surface area contributed by atoms with Crippen molar-refractivity contribution in [1.29, 1.82) is 0 Å². The van der Waals surface area contributed by atoms with Crippen LogP contribution in [0.3, 0.4) is 0 Å². The van der Waals surface area contributed by atoms with Gasteiger partial charge in [0.15, 0.2) is 0 Å². The molecule has 0 unspecified atom stereocenters. The van der Waals surface area contributed by atoms with Crippen molar-refractivity contribution in [3.05, 3.63) is 42.1 Å². The standard InChI is InChI=1S/C19H22N4O4/c1-27-13-8-9-15-16(12-13)23(11-4-2-3-7-17(24)22-26)19(25)14-6-5-10-20-18(14)21-15/h5-6,8-10,12,26H,2-4,7,11H2,1H3,(H,20,21)(H,22,24). The fourth-order valence-electron chi connectivity index (χ4n) is 3.04. The van der Waals surface area contributed by atoms with Gasteiger partial charge in [-0.25, -0.2) is 10.5 Å². The van der Waals surface area contributed by atoms with E-state index < -0.39 is 5.91 Å². The van der Waals surface area contributed by atoms with Crippen LogP contribution in [0.25, 0.3) is 0 Å². The zero-order chi connectivity index (χ0) is 19.2. The van der Waals surface area contributed by atoms with Crippen LogP contribution in [0, 0.1) is 0 Å². The molecule has 0 spiro atoms. The van der Waals surface area contributed by atoms with Crippen molar-refractivity contribution < 1.29 is 19.5 Å². The van der Waals surface area contributed by atoms with Crippen LogP contribution in [-0.4, -0.2) is 35.7 Å². The van der Waals surface area contributed by atoms with Gasteiger partial charge in [-0.3, -0.25) is 14.8 Å². The average molecular weight is 370 g/mol. The first-order valence-electron chi connectivity index (χ1n) is 8.79. The number of anilines is 3. The Balaban J connectivity index is 1.82. The third-order valence-electron chi connectivity index (χ3n) is 4.44. The molecule has 0 radical (unpaired) electrons. The molecule has 2 aromatic rings. The molecule has 0 saturated carbocycles. The molecule has 0 atom stereocenters. The molecule has 3 rings (SSSR count). The van der Waals surface area contributed by atoms with Crippen LogP contribution in [0.2, 0.25) is 0 Å². The number of nitrogens with zero attached hydrogens (tertiary/aromatic N) is 2. The molecule has 8 heteroatoms. The third-order valence-corrected chi connectivity index (χ3v) is 4.44. The Morgan fingerprint density at radius 2 is 2.15 bits per heavy atom. The number of methoxy groups -OCH3 is 1. The van der Waals surface area contributed by atoms with Crippen LogP contribution in [0.1, 0.15) is 36.0 Å². The van der Waals surface area contributed by atoms with Crippen molar-refractivity contribution in [3.8, 4) is 5.75 Å². The molecular weight excluding hydrogens is 348 g/mol. The monoisotopic (exact) mass is 370 g/mol. The highest BCUT2D eigenvalue weighted by Gasteiger charge is 2.27. The number of amides is 2. The van der Waals surface area contributed by atoms with E-state index in [2.05, 4.69) is 10.3 Å². The Morgan fingerprint density at radius 1 is 1.30 bits per heavy atom. The van der Waals surface area contributed by atoms with Crippen molar-refractivity contribution in [2.24, 2.45) is 0 Å². The van der Waals surface area contributed by atoms with Gasteiger partial charge in [-0.1, -0.05) is 6.42 Å². The Morgan fingerprint density at radius 3 is 2.93 bits per heavy atom. The molecule has 8 nitrogen and oxygen atoms in total. The van der Waals surface area contributed by atoms with Crippen LogP contribution in [-0.2, 0) is 4.79 Å². The summed E-state index contributed by atoms with van der Waals surface area (Å²) in [6, 6.07) is 9.01. The normalized spacial score (nSPS) is 12.5. The Hall–Kier alpha value is -3.13. The molecular formula is C19H22N4O4. The molecule has 0 saturated heterocycles. The minimum absolute atomic E-state index is 0.134. The van der Waals surface area contributed by atoms with E-state index in [0.717, 1.165) is 24.2 Å². The van der Waals surface area contributed by atoms with Gasteiger partial charge in [0.25, 0.3) is 5.91 Å². The SMILES string of the molecule is COc1ccc2c(c1)N(CCCCCC(=O)NO)C(=O)c1cccnc1N2. The van der Waals surface area contributed by atoms with Gasteiger partial charge < -0.3 is 15.0 Å². The summed E-state index contributed by atoms with van der Waals surface area (Å²) in [7, 11) is 1.58. The topological polar surface area (TPSA) is 104 Å². The van der Waals surface area contributed by atoms with Crippen molar-refractivity contribution >= 4 is 29.0 Å². The van der Waals surface area contributed by atoms with Crippen molar-refractivity contribution in [2.75, 3.05) is 23.9 Å². The molecule has 1 aromatic carbocycles. The number of pyridine rings is 1. The molecule has 2 amide bonds. The number of fused-ring (bicyclic) bond motifs is 2. The number of hydroxylamine groups is 1. The lowest BCUT2D eigenvalue weighted by Gasteiger charge is -2.23. The number of ether oxygens (including phenoxy) is 1. The summed E-state index contributed by atoms with van der Waals surface area (Å²) in [4.78, 5) is 30.2.